The second-order valence-corrected chi connectivity index (χ2v) is 9.36. The maximum atomic E-state index is 13.1. The number of aromatic nitrogens is 3. The number of ether oxygens (including phenoxy) is 1. The van der Waals surface area contributed by atoms with E-state index >= 15 is 0 Å². The van der Waals surface area contributed by atoms with Gasteiger partial charge in [0.05, 0.1) is 30.0 Å². The zero-order valence-electron chi connectivity index (χ0n) is 17.7. The number of benzene rings is 2. The van der Waals surface area contributed by atoms with E-state index in [0.717, 1.165) is 54.2 Å². The van der Waals surface area contributed by atoms with Crippen molar-refractivity contribution in [2.75, 3.05) is 31.5 Å². The molecule has 0 saturated carbocycles. The van der Waals surface area contributed by atoms with Gasteiger partial charge >= 0.3 is 0 Å². The van der Waals surface area contributed by atoms with Gasteiger partial charge in [0.15, 0.2) is 0 Å². The van der Waals surface area contributed by atoms with Crippen LogP contribution in [0.3, 0.4) is 0 Å². The summed E-state index contributed by atoms with van der Waals surface area (Å²) in [6, 6.07) is 8.48. The normalized spacial score (nSPS) is 12.1. The van der Waals surface area contributed by atoms with Crippen LogP contribution in [-0.4, -0.2) is 53.8 Å². The van der Waals surface area contributed by atoms with Gasteiger partial charge < -0.3 is 14.6 Å². The van der Waals surface area contributed by atoms with Crippen molar-refractivity contribution >= 4 is 49.4 Å². The van der Waals surface area contributed by atoms with Gasteiger partial charge in [-0.1, -0.05) is 19.9 Å². The van der Waals surface area contributed by atoms with Gasteiger partial charge in [0.2, 0.25) is 0 Å². The highest BCUT2D eigenvalue weighted by Gasteiger charge is 2.21. The van der Waals surface area contributed by atoms with E-state index in [1.165, 1.54) is 6.07 Å². The molecule has 4 aromatic rings. The summed E-state index contributed by atoms with van der Waals surface area (Å²) < 4.78 is 42.8. The number of hydrogen-bond acceptors (Lipinski definition) is 7. The van der Waals surface area contributed by atoms with E-state index < -0.39 is 10.0 Å². The molecule has 31 heavy (non-hydrogen) atoms. The molecule has 0 amide bonds. The first kappa shape index (κ1) is 21.5. The van der Waals surface area contributed by atoms with Gasteiger partial charge in [0, 0.05) is 24.2 Å². The van der Waals surface area contributed by atoms with Gasteiger partial charge in [-0.25, -0.2) is 8.42 Å². The monoisotopic (exact) mass is 459 g/mol. The first-order valence-corrected chi connectivity index (χ1v) is 12.3. The number of anilines is 1. The quantitative estimate of drug-likeness (QED) is 0.394. The summed E-state index contributed by atoms with van der Waals surface area (Å²) in [7, 11) is -2.28. The van der Waals surface area contributed by atoms with Crippen molar-refractivity contribution in [3.8, 4) is 5.75 Å². The van der Waals surface area contributed by atoms with Crippen LogP contribution in [0.5, 0.6) is 5.75 Å². The fourth-order valence-corrected chi connectivity index (χ4v) is 5.52. The van der Waals surface area contributed by atoms with Gasteiger partial charge in [-0.3, -0.25) is 4.72 Å². The van der Waals surface area contributed by atoms with Crippen molar-refractivity contribution in [1.29, 1.82) is 0 Å². The molecule has 0 atom stereocenters. The molecule has 2 heterocycles. The first-order valence-electron chi connectivity index (χ1n) is 10.1. The predicted molar refractivity (Wildman–Crippen MR) is 125 cm³/mol. The Morgan fingerprint density at radius 3 is 2.74 bits per heavy atom. The zero-order valence-corrected chi connectivity index (χ0v) is 19.3. The Morgan fingerprint density at radius 2 is 2.00 bits per heavy atom. The number of nitrogens with one attached hydrogen (secondary N) is 2. The summed E-state index contributed by atoms with van der Waals surface area (Å²) in [6.07, 6.45) is 2.82. The number of H-pyrrole nitrogens is 1. The minimum Gasteiger partial charge on any atom is -0.494 e. The van der Waals surface area contributed by atoms with E-state index in [9.17, 15) is 8.42 Å². The number of nitrogens with zero attached hydrogens (tertiary/aromatic N) is 3. The first-order chi connectivity index (χ1) is 15.0. The maximum absolute atomic E-state index is 13.1. The molecule has 0 unspecified atom stereocenters. The average Bonchev–Trinajstić information content (AvgIpc) is 3.40. The minimum absolute atomic E-state index is 0.105. The highest BCUT2D eigenvalue weighted by Crippen LogP contribution is 2.33. The molecule has 0 bridgehead atoms. The van der Waals surface area contributed by atoms with Crippen LogP contribution < -0.4 is 9.46 Å². The molecule has 4 rings (SSSR count). The van der Waals surface area contributed by atoms with Crippen LogP contribution in [0.25, 0.3) is 21.9 Å². The minimum atomic E-state index is -3.85. The van der Waals surface area contributed by atoms with Crippen molar-refractivity contribution in [3.05, 3.63) is 42.1 Å². The summed E-state index contributed by atoms with van der Waals surface area (Å²) in [6.45, 7) is 7.20. The SMILES string of the molecule is CCN(CC)CCc1c[nH]c2c(OC)cc(NS(=O)(=O)c3cccc4nsnc34)cc12. The van der Waals surface area contributed by atoms with E-state index in [4.69, 9.17) is 4.74 Å². The van der Waals surface area contributed by atoms with Crippen LogP contribution in [-0.2, 0) is 16.4 Å². The Morgan fingerprint density at radius 1 is 1.19 bits per heavy atom. The van der Waals surface area contributed by atoms with Crippen LogP contribution in [0.4, 0.5) is 5.69 Å². The predicted octanol–water partition coefficient (Wildman–Crippen LogP) is 3.87. The Bertz CT molecular complexity index is 1310. The second-order valence-electron chi connectivity index (χ2n) is 7.19. The molecule has 0 aliphatic rings. The van der Waals surface area contributed by atoms with Crippen LogP contribution in [0.1, 0.15) is 19.4 Å². The molecule has 0 aliphatic heterocycles. The third-order valence-corrected chi connectivity index (χ3v) is 7.40. The van der Waals surface area contributed by atoms with Crippen molar-refractivity contribution in [3.63, 3.8) is 0 Å². The molecular weight excluding hydrogens is 434 g/mol. The van der Waals surface area contributed by atoms with Crippen LogP contribution in [0, 0.1) is 0 Å². The van der Waals surface area contributed by atoms with Crippen molar-refractivity contribution in [2.24, 2.45) is 0 Å². The average molecular weight is 460 g/mol. The molecule has 0 radical (unpaired) electrons. The third kappa shape index (κ3) is 4.23. The van der Waals surface area contributed by atoms with E-state index in [0.29, 0.717) is 22.5 Å². The van der Waals surface area contributed by atoms with E-state index in [1.807, 2.05) is 12.3 Å². The van der Waals surface area contributed by atoms with Gasteiger partial charge in [0.25, 0.3) is 10.0 Å². The molecule has 0 aliphatic carbocycles. The number of sulfonamides is 1. The summed E-state index contributed by atoms with van der Waals surface area (Å²) in [4.78, 5) is 5.73. The van der Waals surface area contributed by atoms with E-state index in [-0.39, 0.29) is 4.90 Å². The van der Waals surface area contributed by atoms with E-state index in [1.54, 1.807) is 25.3 Å². The van der Waals surface area contributed by atoms with Crippen molar-refractivity contribution in [2.45, 2.75) is 25.2 Å². The lowest BCUT2D eigenvalue weighted by atomic mass is 10.1. The number of methoxy groups -OCH3 is 1. The summed E-state index contributed by atoms with van der Waals surface area (Å²) in [5.41, 5.74) is 3.34. The smallest absolute Gasteiger partial charge is 0.264 e. The highest BCUT2D eigenvalue weighted by molar-refractivity contribution is 7.93. The Balaban J connectivity index is 1.70. The number of likely N-dealkylation sites (N-methyl/N-ethyl adjacent to an activating group) is 1. The Kier molecular flexibility index (Phi) is 6.12. The molecule has 2 N–H and O–H groups in total. The number of rotatable bonds is 9. The van der Waals surface area contributed by atoms with Gasteiger partial charge in [-0.15, -0.1) is 0 Å². The molecule has 0 spiro atoms. The fourth-order valence-electron chi connectivity index (χ4n) is 3.71. The molecule has 164 valence electrons. The molecule has 10 heteroatoms. The molecular formula is C21H25N5O3S2. The maximum Gasteiger partial charge on any atom is 0.264 e. The molecule has 0 saturated heterocycles. The van der Waals surface area contributed by atoms with Crippen LogP contribution >= 0.6 is 11.7 Å². The molecule has 0 fully saturated rings. The van der Waals surface area contributed by atoms with Gasteiger partial charge in [-0.2, -0.15) is 8.75 Å². The lowest BCUT2D eigenvalue weighted by Crippen LogP contribution is -2.25. The van der Waals surface area contributed by atoms with Crippen LogP contribution in [0.2, 0.25) is 0 Å². The number of aromatic amines is 1. The Hall–Kier alpha value is -2.69. The zero-order chi connectivity index (χ0) is 22.0. The van der Waals surface area contributed by atoms with Crippen molar-refractivity contribution in [1.82, 2.24) is 18.6 Å². The fraction of sp³-hybridized carbons (Fsp3) is 0.333. The van der Waals surface area contributed by atoms with Crippen LogP contribution in [0.15, 0.2) is 41.4 Å². The van der Waals surface area contributed by atoms with E-state index in [2.05, 4.69) is 37.2 Å². The lowest BCUT2D eigenvalue weighted by molar-refractivity contribution is 0.308. The largest absolute Gasteiger partial charge is 0.494 e. The second kappa shape index (κ2) is 8.81. The Labute approximate surface area is 185 Å². The molecule has 2 aromatic carbocycles. The number of hydrogen-bond donors (Lipinski definition) is 2. The third-order valence-electron chi connectivity index (χ3n) is 5.44. The summed E-state index contributed by atoms with van der Waals surface area (Å²) in [5, 5.41) is 0.942. The highest BCUT2D eigenvalue weighted by atomic mass is 32.2. The topological polar surface area (TPSA) is 100 Å². The lowest BCUT2D eigenvalue weighted by Gasteiger charge is -2.17. The number of fused-ring (bicyclic) bond motifs is 2. The standard InChI is InChI=1S/C21H25N5O3S2/c1-4-26(5-2)10-9-14-13-22-20-16(14)11-15(12-18(20)29-3)25-31(27,28)19-8-6-7-17-21(19)24-30-23-17/h6-8,11-13,22,25H,4-5,9-10H2,1-3H3. The summed E-state index contributed by atoms with van der Waals surface area (Å²) >= 11 is 0.992. The summed E-state index contributed by atoms with van der Waals surface area (Å²) in [5.74, 6) is 0.581. The van der Waals surface area contributed by atoms with Gasteiger partial charge in [0.1, 0.15) is 21.7 Å². The molecule has 8 nitrogen and oxygen atoms in total. The van der Waals surface area contributed by atoms with Crippen molar-refractivity contribution < 1.29 is 13.2 Å². The van der Waals surface area contributed by atoms with Gasteiger partial charge in [-0.05, 0) is 43.3 Å². The molecule has 2 aromatic heterocycles.